The number of aromatic nitrogens is 1. The van der Waals surface area contributed by atoms with E-state index in [-0.39, 0.29) is 12.3 Å². The number of nitrogens with zero attached hydrogens (tertiary/aromatic N) is 1. The summed E-state index contributed by atoms with van der Waals surface area (Å²) in [5.41, 5.74) is 0.304. The Bertz CT molecular complexity index is 496. The fourth-order valence-corrected chi connectivity index (χ4v) is 2.77. The van der Waals surface area contributed by atoms with Gasteiger partial charge in [-0.1, -0.05) is 24.4 Å². The van der Waals surface area contributed by atoms with Crippen molar-refractivity contribution >= 4 is 11.9 Å². The van der Waals surface area contributed by atoms with E-state index in [0.29, 0.717) is 24.3 Å². The zero-order chi connectivity index (χ0) is 14.8. The number of amides is 1. The number of aryl methyl sites for hydroxylation is 2. The summed E-state index contributed by atoms with van der Waals surface area (Å²) in [6.45, 7) is 3.52. The molecule has 0 atom stereocenters. The van der Waals surface area contributed by atoms with Crippen LogP contribution in [-0.2, 0) is 16.0 Å². The van der Waals surface area contributed by atoms with Gasteiger partial charge >= 0.3 is 5.97 Å². The van der Waals surface area contributed by atoms with Crippen molar-refractivity contribution in [2.24, 2.45) is 0 Å². The van der Waals surface area contributed by atoms with Crippen LogP contribution in [0, 0.1) is 13.8 Å². The van der Waals surface area contributed by atoms with Gasteiger partial charge in [-0.3, -0.25) is 4.79 Å². The molecule has 0 bridgehead atoms. The van der Waals surface area contributed by atoms with Crippen LogP contribution >= 0.6 is 0 Å². The molecule has 1 aromatic heterocycles. The van der Waals surface area contributed by atoms with Crippen LogP contribution in [0.4, 0.5) is 0 Å². The summed E-state index contributed by atoms with van der Waals surface area (Å²) in [7, 11) is 0. The van der Waals surface area contributed by atoms with Gasteiger partial charge in [-0.15, -0.1) is 0 Å². The molecule has 1 amide bonds. The summed E-state index contributed by atoms with van der Waals surface area (Å²) in [5, 5.41) is 15.9. The lowest BCUT2D eigenvalue weighted by molar-refractivity contribution is -0.149. The molecule has 0 aromatic carbocycles. The van der Waals surface area contributed by atoms with Crippen molar-refractivity contribution in [1.29, 1.82) is 0 Å². The maximum Gasteiger partial charge on any atom is 0.329 e. The van der Waals surface area contributed by atoms with Crippen molar-refractivity contribution in [2.45, 2.75) is 57.9 Å². The fourth-order valence-electron chi connectivity index (χ4n) is 2.77. The summed E-state index contributed by atoms with van der Waals surface area (Å²) < 4.78 is 5.01. The van der Waals surface area contributed by atoms with Gasteiger partial charge in [0, 0.05) is 5.56 Å². The normalized spacial score (nSPS) is 17.7. The predicted molar refractivity (Wildman–Crippen MR) is 71.3 cm³/mol. The molecule has 0 unspecified atom stereocenters. The second kappa shape index (κ2) is 5.64. The first-order valence-electron chi connectivity index (χ1n) is 6.91. The Labute approximate surface area is 117 Å². The maximum atomic E-state index is 12.1. The minimum absolute atomic E-state index is 0.107. The minimum Gasteiger partial charge on any atom is -0.480 e. The topological polar surface area (TPSA) is 92.4 Å². The molecule has 1 heterocycles. The molecule has 0 spiro atoms. The van der Waals surface area contributed by atoms with Gasteiger partial charge in [-0.05, 0) is 26.7 Å². The molecule has 1 saturated carbocycles. The van der Waals surface area contributed by atoms with Gasteiger partial charge in [0.1, 0.15) is 11.3 Å². The summed E-state index contributed by atoms with van der Waals surface area (Å²) in [6.07, 6.45) is 3.78. The van der Waals surface area contributed by atoms with E-state index < -0.39 is 11.5 Å². The Morgan fingerprint density at radius 3 is 2.45 bits per heavy atom. The number of carbonyl (C=O) groups excluding carboxylic acids is 1. The van der Waals surface area contributed by atoms with E-state index in [4.69, 9.17) is 4.52 Å². The summed E-state index contributed by atoms with van der Waals surface area (Å²) in [4.78, 5) is 23.7. The van der Waals surface area contributed by atoms with Crippen LogP contribution in [0.5, 0.6) is 0 Å². The van der Waals surface area contributed by atoms with Gasteiger partial charge in [0.15, 0.2) is 0 Å². The Kier molecular flexibility index (Phi) is 4.11. The van der Waals surface area contributed by atoms with Crippen molar-refractivity contribution in [1.82, 2.24) is 10.5 Å². The lowest BCUT2D eigenvalue weighted by atomic mass is 9.81. The quantitative estimate of drug-likeness (QED) is 0.876. The summed E-state index contributed by atoms with van der Waals surface area (Å²) in [6, 6.07) is 0. The van der Waals surface area contributed by atoms with Gasteiger partial charge in [0.2, 0.25) is 5.91 Å². The van der Waals surface area contributed by atoms with E-state index in [2.05, 4.69) is 10.5 Å². The number of carboxylic acids is 1. The van der Waals surface area contributed by atoms with E-state index in [0.717, 1.165) is 24.8 Å². The molecule has 0 radical (unpaired) electrons. The lowest BCUT2D eigenvalue weighted by Crippen LogP contribution is -2.56. The number of nitrogens with one attached hydrogen (secondary N) is 1. The first-order valence-corrected chi connectivity index (χ1v) is 6.91. The van der Waals surface area contributed by atoms with Gasteiger partial charge in [0.05, 0.1) is 12.1 Å². The van der Waals surface area contributed by atoms with Crippen molar-refractivity contribution < 1.29 is 19.2 Å². The SMILES string of the molecule is Cc1noc(C)c1CC(=O)NC1(C(=O)O)CCCCC1. The summed E-state index contributed by atoms with van der Waals surface area (Å²) >= 11 is 0. The Morgan fingerprint density at radius 2 is 1.95 bits per heavy atom. The monoisotopic (exact) mass is 280 g/mol. The van der Waals surface area contributed by atoms with Crippen molar-refractivity contribution in [3.05, 3.63) is 17.0 Å². The standard InChI is InChI=1S/C14H20N2O4/c1-9-11(10(2)20-16-9)8-12(17)15-14(13(18)19)6-4-3-5-7-14/h3-8H2,1-2H3,(H,15,17)(H,18,19). The highest BCUT2D eigenvalue weighted by molar-refractivity contribution is 5.88. The average molecular weight is 280 g/mol. The number of aliphatic carboxylic acids is 1. The third kappa shape index (κ3) is 2.84. The van der Waals surface area contributed by atoms with E-state index in [1.54, 1.807) is 13.8 Å². The van der Waals surface area contributed by atoms with E-state index in [1.165, 1.54) is 0 Å². The number of carbonyl (C=O) groups is 2. The molecule has 1 fully saturated rings. The molecule has 1 aromatic rings. The fraction of sp³-hybridized carbons (Fsp3) is 0.643. The third-order valence-corrected chi connectivity index (χ3v) is 4.01. The highest BCUT2D eigenvalue weighted by Gasteiger charge is 2.40. The minimum atomic E-state index is -1.10. The Morgan fingerprint density at radius 1 is 1.30 bits per heavy atom. The molecule has 110 valence electrons. The first-order chi connectivity index (χ1) is 9.44. The first kappa shape index (κ1) is 14.6. The number of hydrogen-bond donors (Lipinski definition) is 2. The average Bonchev–Trinajstić information content (AvgIpc) is 2.71. The second-order valence-electron chi connectivity index (χ2n) is 5.48. The van der Waals surface area contributed by atoms with Crippen molar-refractivity contribution in [3.8, 4) is 0 Å². The smallest absolute Gasteiger partial charge is 0.329 e. The van der Waals surface area contributed by atoms with Crippen LogP contribution in [0.25, 0.3) is 0 Å². The molecule has 0 aliphatic heterocycles. The van der Waals surface area contributed by atoms with E-state index >= 15 is 0 Å². The Balaban J connectivity index is 2.08. The van der Waals surface area contributed by atoms with Gasteiger partial charge in [-0.2, -0.15) is 0 Å². The maximum absolute atomic E-state index is 12.1. The van der Waals surface area contributed by atoms with Crippen LogP contribution in [0.3, 0.4) is 0 Å². The molecule has 1 aliphatic carbocycles. The molecule has 6 nitrogen and oxygen atoms in total. The number of carboxylic acid groups (broad SMARTS) is 1. The highest BCUT2D eigenvalue weighted by Crippen LogP contribution is 2.28. The second-order valence-corrected chi connectivity index (χ2v) is 5.48. The molecule has 2 rings (SSSR count). The van der Waals surface area contributed by atoms with Gasteiger partial charge in [-0.25, -0.2) is 4.79 Å². The zero-order valence-corrected chi connectivity index (χ0v) is 11.9. The third-order valence-electron chi connectivity index (χ3n) is 4.01. The van der Waals surface area contributed by atoms with E-state index in [9.17, 15) is 14.7 Å². The van der Waals surface area contributed by atoms with E-state index in [1.807, 2.05) is 0 Å². The Hall–Kier alpha value is -1.85. The van der Waals surface area contributed by atoms with Gasteiger partial charge < -0.3 is 14.9 Å². The van der Waals surface area contributed by atoms with Gasteiger partial charge in [0.25, 0.3) is 0 Å². The van der Waals surface area contributed by atoms with Crippen molar-refractivity contribution in [2.75, 3.05) is 0 Å². The van der Waals surface area contributed by atoms with Crippen LogP contribution < -0.4 is 5.32 Å². The number of hydrogen-bond acceptors (Lipinski definition) is 4. The highest BCUT2D eigenvalue weighted by atomic mass is 16.5. The molecular formula is C14H20N2O4. The predicted octanol–water partition coefficient (Wildman–Crippen LogP) is 1.74. The molecule has 2 N–H and O–H groups in total. The molecule has 0 saturated heterocycles. The van der Waals surface area contributed by atoms with Crippen LogP contribution in [-0.4, -0.2) is 27.7 Å². The van der Waals surface area contributed by atoms with Crippen molar-refractivity contribution in [3.63, 3.8) is 0 Å². The van der Waals surface area contributed by atoms with Crippen LogP contribution in [0.15, 0.2) is 4.52 Å². The molecule has 6 heteroatoms. The number of rotatable bonds is 4. The summed E-state index contributed by atoms with van der Waals surface area (Å²) in [5.74, 6) is -0.626. The largest absolute Gasteiger partial charge is 0.480 e. The zero-order valence-electron chi connectivity index (χ0n) is 11.9. The molecular weight excluding hydrogens is 260 g/mol. The van der Waals surface area contributed by atoms with Crippen LogP contribution in [0.1, 0.15) is 49.1 Å². The van der Waals surface area contributed by atoms with Crippen LogP contribution in [0.2, 0.25) is 0 Å². The lowest BCUT2D eigenvalue weighted by Gasteiger charge is -2.34. The molecule has 1 aliphatic rings. The molecule has 20 heavy (non-hydrogen) atoms.